The molecule has 2 saturated heterocycles. The van der Waals surface area contributed by atoms with Crippen LogP contribution in [0.15, 0.2) is 0 Å². The number of sulfone groups is 1. The molecule has 0 aromatic carbocycles. The molecule has 2 heterocycles. The molecule has 2 aliphatic rings. The third kappa shape index (κ3) is 2.56. The van der Waals surface area contributed by atoms with E-state index in [0.29, 0.717) is 12.5 Å². The summed E-state index contributed by atoms with van der Waals surface area (Å²) in [4.78, 5) is 2.10. The molecular weight excluding hydrogens is 230 g/mol. The van der Waals surface area contributed by atoms with Gasteiger partial charge in [0.2, 0.25) is 0 Å². The normalized spacial score (nSPS) is 39.2. The summed E-state index contributed by atoms with van der Waals surface area (Å²) in [7, 11) is -1.36. The van der Waals surface area contributed by atoms with Crippen LogP contribution in [-0.2, 0) is 14.6 Å². The number of hydrogen-bond acceptors (Lipinski definition) is 5. The summed E-state index contributed by atoms with van der Waals surface area (Å²) in [5, 5.41) is 9.75. The van der Waals surface area contributed by atoms with Crippen molar-refractivity contribution >= 4 is 9.84 Å². The van der Waals surface area contributed by atoms with Crippen LogP contribution in [0, 0.1) is 5.92 Å². The zero-order valence-corrected chi connectivity index (χ0v) is 10.3. The van der Waals surface area contributed by atoms with Gasteiger partial charge < -0.3 is 9.84 Å². The van der Waals surface area contributed by atoms with Crippen LogP contribution in [0.3, 0.4) is 0 Å². The molecule has 16 heavy (non-hydrogen) atoms. The number of aliphatic hydroxyl groups is 1. The zero-order valence-electron chi connectivity index (χ0n) is 9.50. The number of rotatable bonds is 3. The number of hydrogen-bond donors (Lipinski definition) is 1. The van der Waals surface area contributed by atoms with Gasteiger partial charge in [-0.1, -0.05) is 0 Å². The molecule has 0 aromatic rings. The van der Waals surface area contributed by atoms with Crippen molar-refractivity contribution in [3.8, 4) is 0 Å². The molecule has 3 atom stereocenters. The van der Waals surface area contributed by atoms with E-state index in [0.717, 1.165) is 19.5 Å². The van der Waals surface area contributed by atoms with Crippen LogP contribution in [0.2, 0.25) is 0 Å². The van der Waals surface area contributed by atoms with Gasteiger partial charge in [-0.15, -0.1) is 0 Å². The fourth-order valence-corrected chi connectivity index (χ4v) is 4.53. The quantitative estimate of drug-likeness (QED) is 0.703. The second kappa shape index (κ2) is 4.60. The Kier molecular flexibility index (Phi) is 3.53. The molecule has 6 heteroatoms. The van der Waals surface area contributed by atoms with E-state index in [1.807, 2.05) is 0 Å². The molecule has 0 amide bonds. The van der Waals surface area contributed by atoms with E-state index in [1.54, 1.807) is 7.11 Å². The highest BCUT2D eigenvalue weighted by molar-refractivity contribution is 7.91. The maximum Gasteiger partial charge on any atom is 0.154 e. The van der Waals surface area contributed by atoms with Crippen molar-refractivity contribution in [3.63, 3.8) is 0 Å². The van der Waals surface area contributed by atoms with Crippen molar-refractivity contribution in [1.82, 2.24) is 4.90 Å². The minimum atomic E-state index is -3.03. The Morgan fingerprint density at radius 2 is 2.19 bits per heavy atom. The van der Waals surface area contributed by atoms with Gasteiger partial charge in [-0.3, -0.25) is 4.90 Å². The molecule has 0 spiro atoms. The van der Waals surface area contributed by atoms with E-state index in [-0.39, 0.29) is 17.5 Å². The topological polar surface area (TPSA) is 66.8 Å². The molecule has 2 fully saturated rings. The standard InChI is InChI=1S/C10H19NO4S/c1-15-5-8-2-3-11(4-8)9-6-16(13,14)7-10(9)12/h8-10,12H,2-7H2,1H3. The predicted octanol–water partition coefficient (Wildman–Crippen LogP) is -0.887. The summed E-state index contributed by atoms with van der Waals surface area (Å²) in [5.41, 5.74) is 0. The monoisotopic (exact) mass is 249 g/mol. The van der Waals surface area contributed by atoms with Crippen molar-refractivity contribution < 1.29 is 18.3 Å². The van der Waals surface area contributed by atoms with Gasteiger partial charge in [-0.2, -0.15) is 0 Å². The van der Waals surface area contributed by atoms with Crippen molar-refractivity contribution in [2.24, 2.45) is 5.92 Å². The second-order valence-electron chi connectivity index (χ2n) is 4.82. The Morgan fingerprint density at radius 3 is 2.75 bits per heavy atom. The summed E-state index contributed by atoms with van der Waals surface area (Å²) >= 11 is 0. The maximum atomic E-state index is 11.4. The molecule has 0 aliphatic carbocycles. The van der Waals surface area contributed by atoms with E-state index < -0.39 is 15.9 Å². The number of methoxy groups -OCH3 is 1. The molecule has 1 N–H and O–H groups in total. The van der Waals surface area contributed by atoms with E-state index in [9.17, 15) is 13.5 Å². The van der Waals surface area contributed by atoms with E-state index in [4.69, 9.17) is 4.74 Å². The SMILES string of the molecule is COCC1CCN(C2CS(=O)(=O)CC2O)C1. The van der Waals surface area contributed by atoms with Crippen LogP contribution < -0.4 is 0 Å². The molecule has 5 nitrogen and oxygen atoms in total. The van der Waals surface area contributed by atoms with Crippen LogP contribution in [0.25, 0.3) is 0 Å². The van der Waals surface area contributed by atoms with Crippen LogP contribution in [0.1, 0.15) is 6.42 Å². The molecule has 0 bridgehead atoms. The minimum Gasteiger partial charge on any atom is -0.390 e. The Morgan fingerprint density at radius 1 is 1.44 bits per heavy atom. The van der Waals surface area contributed by atoms with Gasteiger partial charge in [-0.25, -0.2) is 8.42 Å². The van der Waals surface area contributed by atoms with Gasteiger partial charge >= 0.3 is 0 Å². The highest BCUT2D eigenvalue weighted by Gasteiger charge is 2.41. The Bertz CT molecular complexity index is 343. The van der Waals surface area contributed by atoms with Gasteiger partial charge in [0, 0.05) is 13.7 Å². The lowest BCUT2D eigenvalue weighted by atomic mass is 10.1. The van der Waals surface area contributed by atoms with Crippen LogP contribution in [-0.4, -0.2) is 68.9 Å². The second-order valence-corrected chi connectivity index (χ2v) is 6.97. The smallest absolute Gasteiger partial charge is 0.154 e. The molecule has 0 saturated carbocycles. The van der Waals surface area contributed by atoms with Gasteiger partial charge in [0.1, 0.15) is 0 Å². The first kappa shape index (κ1) is 12.3. The largest absolute Gasteiger partial charge is 0.390 e. The van der Waals surface area contributed by atoms with Gasteiger partial charge in [0.05, 0.1) is 30.3 Å². The lowest BCUT2D eigenvalue weighted by Crippen LogP contribution is -2.41. The highest BCUT2D eigenvalue weighted by Crippen LogP contribution is 2.25. The molecule has 2 rings (SSSR count). The number of aliphatic hydroxyl groups excluding tert-OH is 1. The number of likely N-dealkylation sites (tertiary alicyclic amines) is 1. The lowest BCUT2D eigenvalue weighted by molar-refractivity contribution is 0.0900. The summed E-state index contributed by atoms with van der Waals surface area (Å²) in [6, 6.07) is -0.202. The van der Waals surface area contributed by atoms with Crippen LogP contribution in [0.4, 0.5) is 0 Å². The van der Waals surface area contributed by atoms with Crippen molar-refractivity contribution in [1.29, 1.82) is 0 Å². The van der Waals surface area contributed by atoms with E-state index >= 15 is 0 Å². The zero-order chi connectivity index (χ0) is 11.8. The van der Waals surface area contributed by atoms with Gasteiger partial charge in [-0.05, 0) is 18.9 Å². The average Bonchev–Trinajstić information content (AvgIpc) is 2.71. The molecule has 0 radical (unpaired) electrons. The first-order chi connectivity index (χ1) is 7.52. The van der Waals surface area contributed by atoms with Crippen molar-refractivity contribution in [2.75, 3.05) is 38.3 Å². The first-order valence-electron chi connectivity index (χ1n) is 5.63. The lowest BCUT2D eigenvalue weighted by Gasteiger charge is -2.25. The average molecular weight is 249 g/mol. The molecule has 0 aromatic heterocycles. The molecule has 2 aliphatic heterocycles. The predicted molar refractivity (Wildman–Crippen MR) is 60.0 cm³/mol. The molecule has 94 valence electrons. The highest BCUT2D eigenvalue weighted by atomic mass is 32.2. The summed E-state index contributed by atoms with van der Waals surface area (Å²) < 4.78 is 27.9. The van der Waals surface area contributed by atoms with Gasteiger partial charge in [0.25, 0.3) is 0 Å². The summed E-state index contributed by atoms with van der Waals surface area (Å²) in [6.07, 6.45) is 0.309. The maximum absolute atomic E-state index is 11.4. The fourth-order valence-electron chi connectivity index (χ4n) is 2.69. The van der Waals surface area contributed by atoms with Crippen LogP contribution >= 0.6 is 0 Å². The summed E-state index contributed by atoms with van der Waals surface area (Å²) in [5.74, 6) is 0.497. The van der Waals surface area contributed by atoms with Crippen molar-refractivity contribution in [2.45, 2.75) is 18.6 Å². The number of nitrogens with zero attached hydrogens (tertiary/aromatic N) is 1. The van der Waals surface area contributed by atoms with Crippen molar-refractivity contribution in [3.05, 3.63) is 0 Å². The minimum absolute atomic E-state index is 0.0802. The van der Waals surface area contributed by atoms with E-state index in [2.05, 4.69) is 4.90 Å². The Labute approximate surface area is 96.3 Å². The molecule has 3 unspecified atom stereocenters. The fraction of sp³-hybridized carbons (Fsp3) is 1.00. The van der Waals surface area contributed by atoms with E-state index in [1.165, 1.54) is 0 Å². The summed E-state index contributed by atoms with van der Waals surface area (Å²) in [6.45, 7) is 2.42. The third-order valence-electron chi connectivity index (χ3n) is 3.48. The molecular formula is C10H19NO4S. The Balaban J connectivity index is 1.95. The first-order valence-corrected chi connectivity index (χ1v) is 7.45. The Hall–Kier alpha value is -0.170. The third-order valence-corrected chi connectivity index (χ3v) is 5.18. The van der Waals surface area contributed by atoms with Crippen LogP contribution in [0.5, 0.6) is 0 Å². The van der Waals surface area contributed by atoms with Gasteiger partial charge in [0.15, 0.2) is 9.84 Å². The number of ether oxygens (including phenoxy) is 1.